The van der Waals surface area contributed by atoms with Crippen LogP contribution in [0, 0.1) is 12.8 Å². The van der Waals surface area contributed by atoms with Gasteiger partial charge >= 0.3 is 0 Å². The lowest BCUT2D eigenvalue weighted by atomic mass is 9.86. The maximum atomic E-state index is 12.0. The van der Waals surface area contributed by atoms with E-state index in [2.05, 4.69) is 5.32 Å². The average Bonchev–Trinajstić information content (AvgIpc) is 2.42. The number of benzene rings is 1. The summed E-state index contributed by atoms with van der Waals surface area (Å²) in [6, 6.07) is 8.31. The van der Waals surface area contributed by atoms with E-state index in [0.29, 0.717) is 18.4 Å². The number of carbonyl (C=O) groups is 1. The fraction of sp³-hybridized carbons (Fsp3) is 0.562. The van der Waals surface area contributed by atoms with Gasteiger partial charge in [0.15, 0.2) is 0 Å². The minimum Gasteiger partial charge on any atom is -0.396 e. The molecule has 0 aromatic heterocycles. The Morgan fingerprint density at radius 3 is 2.58 bits per heavy atom. The molecule has 104 valence electrons. The molecule has 0 bridgehead atoms. The van der Waals surface area contributed by atoms with E-state index in [1.54, 1.807) is 0 Å². The van der Waals surface area contributed by atoms with Crippen LogP contribution in [-0.2, 0) is 11.2 Å². The molecule has 1 aromatic carbocycles. The smallest absolute Gasteiger partial charge is 0.224 e. The van der Waals surface area contributed by atoms with Crippen LogP contribution in [0.2, 0.25) is 0 Å². The molecule has 2 N–H and O–H groups in total. The molecular weight excluding hydrogens is 238 g/mol. The Labute approximate surface area is 115 Å². The number of aliphatic hydroxyl groups is 1. The Kier molecular flexibility index (Phi) is 4.97. The van der Waals surface area contributed by atoms with E-state index in [4.69, 9.17) is 5.11 Å². The summed E-state index contributed by atoms with van der Waals surface area (Å²) < 4.78 is 0. The summed E-state index contributed by atoms with van der Waals surface area (Å²) in [6.07, 6.45) is 4.49. The van der Waals surface area contributed by atoms with E-state index in [0.717, 1.165) is 31.2 Å². The van der Waals surface area contributed by atoms with Crippen LogP contribution in [0.25, 0.3) is 0 Å². The van der Waals surface area contributed by atoms with Crippen molar-refractivity contribution in [2.45, 2.75) is 45.1 Å². The van der Waals surface area contributed by atoms with Crippen LogP contribution >= 0.6 is 0 Å². The van der Waals surface area contributed by atoms with Gasteiger partial charge in [-0.25, -0.2) is 0 Å². The predicted octanol–water partition coefficient (Wildman–Crippen LogP) is 2.20. The van der Waals surface area contributed by atoms with Crippen LogP contribution in [0.1, 0.15) is 36.8 Å². The van der Waals surface area contributed by atoms with Crippen LogP contribution in [0.5, 0.6) is 0 Å². The van der Waals surface area contributed by atoms with Gasteiger partial charge in [-0.15, -0.1) is 0 Å². The Morgan fingerprint density at radius 1 is 1.26 bits per heavy atom. The third-order valence-corrected chi connectivity index (χ3v) is 4.08. The molecule has 1 aliphatic carbocycles. The normalized spacial score (nSPS) is 23.1. The van der Waals surface area contributed by atoms with Crippen LogP contribution < -0.4 is 5.32 Å². The largest absolute Gasteiger partial charge is 0.396 e. The predicted molar refractivity (Wildman–Crippen MR) is 75.9 cm³/mol. The van der Waals surface area contributed by atoms with Gasteiger partial charge in [-0.05, 0) is 49.7 Å². The first kappa shape index (κ1) is 14.1. The molecule has 0 unspecified atom stereocenters. The van der Waals surface area contributed by atoms with Crippen molar-refractivity contribution in [3.8, 4) is 0 Å². The molecule has 1 amide bonds. The Hall–Kier alpha value is -1.35. The maximum absolute atomic E-state index is 12.0. The third kappa shape index (κ3) is 4.06. The second kappa shape index (κ2) is 6.71. The molecule has 1 aliphatic rings. The van der Waals surface area contributed by atoms with E-state index < -0.39 is 0 Å². The van der Waals surface area contributed by atoms with Crippen LogP contribution in [0.3, 0.4) is 0 Å². The number of nitrogens with one attached hydrogen (secondary N) is 1. The summed E-state index contributed by atoms with van der Waals surface area (Å²) >= 11 is 0. The van der Waals surface area contributed by atoms with Gasteiger partial charge in [-0.1, -0.05) is 24.3 Å². The fourth-order valence-electron chi connectivity index (χ4n) is 2.75. The highest BCUT2D eigenvalue weighted by atomic mass is 16.3. The highest BCUT2D eigenvalue weighted by Crippen LogP contribution is 2.23. The van der Waals surface area contributed by atoms with Crippen molar-refractivity contribution in [1.82, 2.24) is 5.32 Å². The minimum atomic E-state index is 0.113. The topological polar surface area (TPSA) is 49.3 Å². The van der Waals surface area contributed by atoms with Crippen LogP contribution in [0.15, 0.2) is 24.3 Å². The van der Waals surface area contributed by atoms with Gasteiger partial charge < -0.3 is 10.4 Å². The molecule has 19 heavy (non-hydrogen) atoms. The summed E-state index contributed by atoms with van der Waals surface area (Å²) in [5, 5.41) is 12.2. The third-order valence-electron chi connectivity index (χ3n) is 4.08. The van der Waals surface area contributed by atoms with E-state index >= 15 is 0 Å². The second-order valence-electron chi connectivity index (χ2n) is 5.57. The van der Waals surface area contributed by atoms with Crippen molar-refractivity contribution in [1.29, 1.82) is 0 Å². The number of aryl methyl sites for hydroxylation is 1. The van der Waals surface area contributed by atoms with E-state index in [9.17, 15) is 4.79 Å². The lowest BCUT2D eigenvalue weighted by Crippen LogP contribution is -2.38. The van der Waals surface area contributed by atoms with Crippen molar-refractivity contribution in [2.75, 3.05) is 6.61 Å². The number of aliphatic hydroxyl groups excluding tert-OH is 1. The highest BCUT2D eigenvalue weighted by Gasteiger charge is 2.21. The first-order chi connectivity index (χ1) is 9.19. The standard InChI is InChI=1S/C16H23NO2/c1-12-4-2-3-5-14(12)10-16(19)17-15-8-6-13(11-18)7-9-15/h2-5,13,15,18H,6-11H2,1H3,(H,17,19). The zero-order valence-corrected chi connectivity index (χ0v) is 11.6. The summed E-state index contributed by atoms with van der Waals surface area (Å²) in [4.78, 5) is 12.0. The molecular formula is C16H23NO2. The number of amides is 1. The molecule has 3 heteroatoms. The molecule has 1 fully saturated rings. The van der Waals surface area contributed by atoms with E-state index in [1.165, 1.54) is 5.56 Å². The van der Waals surface area contributed by atoms with Crippen molar-refractivity contribution < 1.29 is 9.90 Å². The molecule has 0 radical (unpaired) electrons. The highest BCUT2D eigenvalue weighted by molar-refractivity contribution is 5.79. The van der Waals surface area contributed by atoms with E-state index in [-0.39, 0.29) is 12.5 Å². The lowest BCUT2D eigenvalue weighted by molar-refractivity contribution is -0.121. The van der Waals surface area contributed by atoms with Gasteiger partial charge in [0, 0.05) is 12.6 Å². The number of hydrogen-bond donors (Lipinski definition) is 2. The lowest BCUT2D eigenvalue weighted by Gasteiger charge is -2.28. The quantitative estimate of drug-likeness (QED) is 0.873. The van der Waals surface area contributed by atoms with Crippen LogP contribution in [-0.4, -0.2) is 23.7 Å². The number of hydrogen-bond acceptors (Lipinski definition) is 2. The van der Waals surface area contributed by atoms with E-state index in [1.807, 2.05) is 31.2 Å². The molecule has 0 spiro atoms. The zero-order valence-electron chi connectivity index (χ0n) is 11.6. The van der Waals surface area contributed by atoms with Gasteiger partial charge in [-0.2, -0.15) is 0 Å². The summed E-state index contributed by atoms with van der Waals surface area (Å²) in [7, 11) is 0. The first-order valence-electron chi connectivity index (χ1n) is 7.13. The molecule has 1 saturated carbocycles. The molecule has 0 heterocycles. The van der Waals surface area contributed by atoms with Gasteiger partial charge in [-0.3, -0.25) is 4.79 Å². The number of carbonyl (C=O) groups excluding carboxylic acids is 1. The Morgan fingerprint density at radius 2 is 1.95 bits per heavy atom. The minimum absolute atomic E-state index is 0.113. The van der Waals surface area contributed by atoms with Gasteiger partial charge in [0.2, 0.25) is 5.91 Å². The first-order valence-corrected chi connectivity index (χ1v) is 7.13. The molecule has 1 aromatic rings. The molecule has 2 rings (SSSR count). The summed E-state index contributed by atoms with van der Waals surface area (Å²) in [5.74, 6) is 0.547. The van der Waals surface area contributed by atoms with Crippen molar-refractivity contribution in [2.24, 2.45) is 5.92 Å². The Balaban J connectivity index is 1.81. The zero-order chi connectivity index (χ0) is 13.7. The monoisotopic (exact) mass is 261 g/mol. The summed E-state index contributed by atoms with van der Waals surface area (Å²) in [6.45, 7) is 2.32. The maximum Gasteiger partial charge on any atom is 0.224 e. The number of rotatable bonds is 4. The van der Waals surface area contributed by atoms with Crippen molar-refractivity contribution in [3.05, 3.63) is 35.4 Å². The fourth-order valence-corrected chi connectivity index (χ4v) is 2.75. The van der Waals surface area contributed by atoms with Crippen molar-refractivity contribution in [3.63, 3.8) is 0 Å². The van der Waals surface area contributed by atoms with Gasteiger partial charge in [0.25, 0.3) is 0 Å². The van der Waals surface area contributed by atoms with Crippen LogP contribution in [0.4, 0.5) is 0 Å². The molecule has 0 saturated heterocycles. The SMILES string of the molecule is Cc1ccccc1CC(=O)NC1CCC(CO)CC1. The molecule has 0 atom stereocenters. The van der Waals surface area contributed by atoms with Gasteiger partial charge in [0.1, 0.15) is 0 Å². The van der Waals surface area contributed by atoms with Gasteiger partial charge in [0.05, 0.1) is 6.42 Å². The second-order valence-corrected chi connectivity index (χ2v) is 5.57. The summed E-state index contributed by atoms with van der Waals surface area (Å²) in [5.41, 5.74) is 2.27. The molecule has 3 nitrogen and oxygen atoms in total. The molecule has 0 aliphatic heterocycles. The van der Waals surface area contributed by atoms with Crippen molar-refractivity contribution >= 4 is 5.91 Å². The average molecular weight is 261 g/mol. The Bertz CT molecular complexity index is 423.